The number of benzene rings is 2. The average molecular weight is 554 g/mol. The van der Waals surface area contributed by atoms with E-state index < -0.39 is 0 Å². The van der Waals surface area contributed by atoms with Crippen LogP contribution in [0, 0.1) is 0 Å². The predicted octanol–water partition coefficient (Wildman–Crippen LogP) is 5.26. The molecule has 0 unspecified atom stereocenters. The summed E-state index contributed by atoms with van der Waals surface area (Å²) >= 11 is 5.89. The lowest BCUT2D eigenvalue weighted by Crippen LogP contribution is -2.31. The number of thiocarbonyl (C=S) groups is 1. The summed E-state index contributed by atoms with van der Waals surface area (Å²) in [5, 5.41) is 7.05. The van der Waals surface area contributed by atoms with E-state index >= 15 is 0 Å². The summed E-state index contributed by atoms with van der Waals surface area (Å²) in [6.45, 7) is 1.55. The van der Waals surface area contributed by atoms with Crippen LogP contribution in [0.15, 0.2) is 97.3 Å². The highest BCUT2D eigenvalue weighted by Crippen LogP contribution is 2.42. The van der Waals surface area contributed by atoms with E-state index in [1.165, 1.54) is 0 Å². The van der Waals surface area contributed by atoms with Gasteiger partial charge in [0.25, 0.3) is 5.91 Å². The molecule has 9 heteroatoms. The zero-order chi connectivity index (χ0) is 27.3. The summed E-state index contributed by atoms with van der Waals surface area (Å²) in [5.74, 6) is 0.427. The van der Waals surface area contributed by atoms with E-state index in [4.69, 9.17) is 21.7 Å². The normalized spacial score (nSPS) is 20.4. The van der Waals surface area contributed by atoms with Gasteiger partial charge in [-0.25, -0.2) is 0 Å². The number of anilines is 2. The quantitative estimate of drug-likeness (QED) is 0.274. The molecule has 4 heterocycles. The molecule has 4 aromatic rings. The lowest BCUT2D eigenvalue weighted by molar-refractivity contribution is -0.118. The molecular formula is C31H31N5O3S. The number of nitrogens with one attached hydrogen (secondary N) is 2. The third-order valence-corrected chi connectivity index (χ3v) is 7.55. The Hall–Kier alpha value is -4.21. The highest BCUT2D eigenvalue weighted by molar-refractivity contribution is 7.80. The molecule has 0 spiro atoms. The van der Waals surface area contributed by atoms with Crippen molar-refractivity contribution in [2.75, 3.05) is 23.4 Å². The Morgan fingerprint density at radius 2 is 1.88 bits per heavy atom. The van der Waals surface area contributed by atoms with Crippen molar-refractivity contribution in [2.24, 2.45) is 0 Å². The van der Waals surface area contributed by atoms with Gasteiger partial charge in [-0.1, -0.05) is 24.3 Å². The van der Waals surface area contributed by atoms with Gasteiger partial charge in [0, 0.05) is 42.6 Å². The van der Waals surface area contributed by atoms with Crippen LogP contribution < -0.4 is 20.3 Å². The molecule has 0 bridgehead atoms. The number of carbonyl (C=O) groups excluding carboxylic acids is 1. The van der Waals surface area contributed by atoms with Gasteiger partial charge in [0.1, 0.15) is 11.8 Å². The number of aromatic nitrogens is 2. The fourth-order valence-corrected chi connectivity index (χ4v) is 5.72. The first-order valence-electron chi connectivity index (χ1n) is 13.5. The second kappa shape index (κ2) is 11.9. The van der Waals surface area contributed by atoms with Gasteiger partial charge in [-0.15, -0.1) is 0 Å². The van der Waals surface area contributed by atoms with E-state index in [1.807, 2.05) is 79.0 Å². The molecule has 40 heavy (non-hydrogen) atoms. The van der Waals surface area contributed by atoms with Crippen LogP contribution >= 0.6 is 12.2 Å². The summed E-state index contributed by atoms with van der Waals surface area (Å²) in [7, 11) is 0. The maximum atomic E-state index is 12.5. The zero-order valence-electron chi connectivity index (χ0n) is 22.0. The van der Waals surface area contributed by atoms with Crippen molar-refractivity contribution in [3.63, 3.8) is 0 Å². The van der Waals surface area contributed by atoms with Gasteiger partial charge in [-0.05, 0) is 85.7 Å². The number of hydrogen-bond acceptors (Lipinski definition) is 5. The van der Waals surface area contributed by atoms with Crippen molar-refractivity contribution in [1.82, 2.24) is 14.9 Å². The van der Waals surface area contributed by atoms with Crippen LogP contribution in [-0.4, -0.2) is 39.9 Å². The second-order valence-corrected chi connectivity index (χ2v) is 10.3. The van der Waals surface area contributed by atoms with E-state index in [9.17, 15) is 4.79 Å². The van der Waals surface area contributed by atoms with Gasteiger partial charge in [0.15, 0.2) is 11.7 Å². The van der Waals surface area contributed by atoms with Crippen LogP contribution in [-0.2, 0) is 16.1 Å². The number of pyridine rings is 1. The molecule has 0 radical (unpaired) electrons. The number of nitrogens with zero attached hydrogens (tertiary/aromatic N) is 3. The minimum absolute atomic E-state index is 0.0680. The van der Waals surface area contributed by atoms with Crippen molar-refractivity contribution in [2.45, 2.75) is 37.6 Å². The molecule has 2 aliphatic heterocycles. The molecule has 204 valence electrons. The monoisotopic (exact) mass is 553 g/mol. The van der Waals surface area contributed by atoms with Gasteiger partial charge in [-0.3, -0.25) is 9.78 Å². The molecular weight excluding hydrogens is 522 g/mol. The number of carbonyl (C=O) groups is 1. The van der Waals surface area contributed by atoms with Gasteiger partial charge >= 0.3 is 0 Å². The van der Waals surface area contributed by atoms with Crippen LogP contribution in [0.2, 0.25) is 0 Å². The Bertz CT molecular complexity index is 1440. The minimum Gasteiger partial charge on any atom is -0.484 e. The molecule has 2 aromatic carbocycles. The summed E-state index contributed by atoms with van der Waals surface area (Å²) in [5.41, 5.74) is 3.66. The van der Waals surface area contributed by atoms with Gasteiger partial charge < -0.3 is 29.6 Å². The molecule has 2 fully saturated rings. The molecule has 3 atom stereocenters. The van der Waals surface area contributed by atoms with E-state index in [1.54, 1.807) is 0 Å². The Morgan fingerprint density at radius 1 is 1.05 bits per heavy atom. The minimum atomic E-state index is -0.227. The summed E-state index contributed by atoms with van der Waals surface area (Å²) in [4.78, 5) is 19.3. The van der Waals surface area contributed by atoms with E-state index in [0.717, 1.165) is 43.1 Å². The fourth-order valence-electron chi connectivity index (χ4n) is 5.37. The highest BCUT2D eigenvalue weighted by atomic mass is 32.1. The van der Waals surface area contributed by atoms with Crippen LogP contribution in [0.3, 0.4) is 0 Å². The van der Waals surface area contributed by atoms with E-state index in [0.29, 0.717) is 16.5 Å². The zero-order valence-corrected chi connectivity index (χ0v) is 22.8. The number of hydrogen-bond donors (Lipinski definition) is 2. The predicted molar refractivity (Wildman–Crippen MR) is 158 cm³/mol. The van der Waals surface area contributed by atoms with Crippen molar-refractivity contribution in [3.8, 4) is 5.75 Å². The standard InChI is InChI=1S/C31H31N5O3S/c37-28(21-39-24-8-2-1-3-9-24)33-22-13-15-23(16-14-22)36-30(29(34-31(36)40)26-11-4-5-17-32-26)27-12-6-18-35(27)20-25-10-7-19-38-25/h1-6,8-9,11-18,25,29-30H,7,10,19-21H2,(H,33,37)(H,34,40)/t25-,29-,30-/m0/s1. The van der Waals surface area contributed by atoms with Crippen LogP contribution in [0.1, 0.15) is 36.3 Å². The Kier molecular flexibility index (Phi) is 7.74. The first-order chi connectivity index (χ1) is 19.7. The number of ether oxygens (including phenoxy) is 2. The molecule has 0 saturated carbocycles. The second-order valence-electron chi connectivity index (χ2n) is 9.91. The maximum Gasteiger partial charge on any atom is 0.262 e. The summed E-state index contributed by atoms with van der Waals surface area (Å²) in [6, 6.07) is 26.9. The van der Waals surface area contributed by atoms with E-state index in [2.05, 4.69) is 43.4 Å². The first kappa shape index (κ1) is 26.0. The molecule has 2 N–H and O–H groups in total. The van der Waals surface area contributed by atoms with Crippen LogP contribution in [0.25, 0.3) is 0 Å². The Balaban J connectivity index is 1.23. The maximum absolute atomic E-state index is 12.5. The van der Waals surface area contributed by atoms with Crippen LogP contribution in [0.5, 0.6) is 5.75 Å². The molecule has 2 aromatic heterocycles. The Morgan fingerprint density at radius 3 is 2.62 bits per heavy atom. The van der Waals surface area contributed by atoms with Crippen molar-refractivity contribution < 1.29 is 14.3 Å². The lowest BCUT2D eigenvalue weighted by Gasteiger charge is -2.29. The molecule has 1 amide bonds. The smallest absolute Gasteiger partial charge is 0.262 e. The van der Waals surface area contributed by atoms with E-state index in [-0.39, 0.29) is 30.7 Å². The molecule has 2 aliphatic rings. The average Bonchev–Trinajstić information content (AvgIpc) is 3.74. The number of rotatable bonds is 9. The third-order valence-electron chi connectivity index (χ3n) is 7.23. The first-order valence-corrected chi connectivity index (χ1v) is 13.9. The van der Waals surface area contributed by atoms with Gasteiger partial charge in [0.2, 0.25) is 0 Å². The van der Waals surface area contributed by atoms with Gasteiger partial charge in [-0.2, -0.15) is 0 Å². The Labute approximate surface area is 238 Å². The lowest BCUT2D eigenvalue weighted by atomic mass is 10.0. The molecule has 0 aliphatic carbocycles. The van der Waals surface area contributed by atoms with Crippen molar-refractivity contribution in [3.05, 3.63) is 109 Å². The van der Waals surface area contributed by atoms with Crippen LogP contribution in [0.4, 0.5) is 11.4 Å². The highest BCUT2D eigenvalue weighted by Gasteiger charge is 2.42. The largest absolute Gasteiger partial charge is 0.484 e. The van der Waals surface area contributed by atoms with Crippen molar-refractivity contribution >= 4 is 34.6 Å². The molecule has 6 rings (SSSR count). The fraction of sp³-hybridized carbons (Fsp3) is 0.258. The number of amides is 1. The molecule has 2 saturated heterocycles. The van der Waals surface area contributed by atoms with Crippen molar-refractivity contribution in [1.29, 1.82) is 0 Å². The molecule has 8 nitrogen and oxygen atoms in total. The number of para-hydroxylation sites is 1. The third kappa shape index (κ3) is 5.71. The summed E-state index contributed by atoms with van der Waals surface area (Å²) in [6.07, 6.45) is 6.30. The summed E-state index contributed by atoms with van der Waals surface area (Å²) < 4.78 is 13.8. The topological polar surface area (TPSA) is 80.7 Å². The van der Waals surface area contributed by atoms with Gasteiger partial charge in [0.05, 0.1) is 17.8 Å². The SMILES string of the molecule is O=C(COc1ccccc1)Nc1ccc(N2C(=S)N[C@@H](c3ccccn3)[C@@H]2c2cccn2C[C@@H]2CCCO2)cc1.